The maximum absolute atomic E-state index is 11.9. The van der Waals surface area contributed by atoms with E-state index in [1.54, 1.807) is 12.1 Å². The van der Waals surface area contributed by atoms with Crippen LogP contribution in [0.25, 0.3) is 6.08 Å². The number of thiophene rings is 1. The van der Waals surface area contributed by atoms with Gasteiger partial charge in [-0.15, -0.1) is 11.3 Å². The fourth-order valence-electron chi connectivity index (χ4n) is 2.24. The van der Waals surface area contributed by atoms with Crippen LogP contribution in [-0.4, -0.2) is 15.8 Å². The van der Waals surface area contributed by atoms with Crippen LogP contribution in [-0.2, 0) is 17.6 Å². The first-order valence-electron chi connectivity index (χ1n) is 6.84. The highest BCUT2D eigenvalue weighted by Gasteiger charge is 2.15. The highest BCUT2D eigenvalue weighted by Crippen LogP contribution is 2.29. The quantitative estimate of drug-likeness (QED) is 0.525. The molecule has 6 nitrogen and oxygen atoms in total. The summed E-state index contributed by atoms with van der Waals surface area (Å²) in [6.45, 7) is 0. The van der Waals surface area contributed by atoms with Crippen LogP contribution in [0.5, 0.6) is 0 Å². The lowest BCUT2D eigenvalue weighted by Crippen LogP contribution is -2.07. The summed E-state index contributed by atoms with van der Waals surface area (Å²) < 4.78 is 0. The van der Waals surface area contributed by atoms with Crippen LogP contribution in [0.4, 0.5) is 10.1 Å². The van der Waals surface area contributed by atoms with E-state index in [-0.39, 0.29) is 10.9 Å². The van der Waals surface area contributed by atoms with Crippen molar-refractivity contribution in [2.24, 2.45) is 0 Å². The SMILES string of the molecule is O=C(C=Cc1ccc([N+](=O)[O-])s1)Nc1nc2c(s1)CCCC2. The standard InChI is InChI=1S/C14H13N3O3S2/c18-12(7-5-9-6-8-13(21-9)17(19)20)16-14-15-10-3-1-2-4-11(10)22-14/h5-8H,1-4H2,(H,15,16,18). The van der Waals surface area contributed by atoms with Gasteiger partial charge in [-0.1, -0.05) is 11.3 Å². The Kier molecular flexibility index (Phi) is 4.30. The third-order valence-corrected chi connectivity index (χ3v) is 5.34. The number of thiazole rings is 1. The molecule has 1 aliphatic rings. The van der Waals surface area contributed by atoms with E-state index in [1.165, 1.54) is 34.8 Å². The molecule has 0 fully saturated rings. The summed E-state index contributed by atoms with van der Waals surface area (Å²) in [6, 6.07) is 3.05. The van der Waals surface area contributed by atoms with Crippen molar-refractivity contribution in [3.05, 3.63) is 43.8 Å². The van der Waals surface area contributed by atoms with Crippen molar-refractivity contribution in [1.29, 1.82) is 0 Å². The number of nitro groups is 1. The van der Waals surface area contributed by atoms with Gasteiger partial charge >= 0.3 is 5.00 Å². The Labute approximate surface area is 134 Å². The molecule has 0 unspecified atom stereocenters. The summed E-state index contributed by atoms with van der Waals surface area (Å²) in [4.78, 5) is 28.4. The molecule has 8 heteroatoms. The minimum atomic E-state index is -0.442. The normalized spacial score (nSPS) is 14.0. The number of carbonyl (C=O) groups excluding carboxylic acids is 1. The Morgan fingerprint density at radius 2 is 2.14 bits per heavy atom. The predicted octanol–water partition coefficient (Wildman–Crippen LogP) is 3.64. The van der Waals surface area contributed by atoms with Crippen LogP contribution in [0.2, 0.25) is 0 Å². The zero-order valence-corrected chi connectivity index (χ0v) is 13.2. The molecule has 0 saturated heterocycles. The molecule has 22 heavy (non-hydrogen) atoms. The van der Waals surface area contributed by atoms with Crippen LogP contribution in [0.15, 0.2) is 18.2 Å². The van der Waals surface area contributed by atoms with Crippen LogP contribution >= 0.6 is 22.7 Å². The molecule has 0 saturated carbocycles. The van der Waals surface area contributed by atoms with E-state index in [2.05, 4.69) is 10.3 Å². The second-order valence-electron chi connectivity index (χ2n) is 4.85. The number of amides is 1. The molecule has 1 amide bonds. The van der Waals surface area contributed by atoms with Crippen LogP contribution in [0.3, 0.4) is 0 Å². The van der Waals surface area contributed by atoms with Gasteiger partial charge in [0.05, 0.1) is 10.6 Å². The van der Waals surface area contributed by atoms with E-state index >= 15 is 0 Å². The summed E-state index contributed by atoms with van der Waals surface area (Å²) >= 11 is 2.56. The largest absolute Gasteiger partial charge is 0.324 e. The summed E-state index contributed by atoms with van der Waals surface area (Å²) in [7, 11) is 0. The molecule has 2 aromatic heterocycles. The van der Waals surface area contributed by atoms with Gasteiger partial charge in [0.2, 0.25) is 5.91 Å². The molecule has 0 spiro atoms. The number of nitrogens with zero attached hydrogens (tertiary/aromatic N) is 2. The van der Waals surface area contributed by atoms with Crippen molar-refractivity contribution < 1.29 is 9.72 Å². The molecule has 1 N–H and O–H groups in total. The Morgan fingerprint density at radius 3 is 2.86 bits per heavy atom. The molecule has 3 rings (SSSR count). The summed E-state index contributed by atoms with van der Waals surface area (Å²) in [6.07, 6.45) is 7.30. The lowest BCUT2D eigenvalue weighted by atomic mass is 10.0. The van der Waals surface area contributed by atoms with Crippen molar-refractivity contribution in [2.45, 2.75) is 25.7 Å². The number of carbonyl (C=O) groups is 1. The summed E-state index contributed by atoms with van der Waals surface area (Å²) in [5.74, 6) is -0.276. The second-order valence-corrected chi connectivity index (χ2v) is 7.03. The zero-order chi connectivity index (χ0) is 15.5. The number of hydrogen-bond donors (Lipinski definition) is 1. The minimum absolute atomic E-state index is 0.0626. The van der Waals surface area contributed by atoms with E-state index in [1.807, 2.05) is 0 Å². The number of fused-ring (bicyclic) bond motifs is 1. The van der Waals surface area contributed by atoms with Crippen LogP contribution in [0, 0.1) is 10.1 Å². The molecule has 0 aromatic carbocycles. The highest BCUT2D eigenvalue weighted by molar-refractivity contribution is 7.16. The Bertz CT molecular complexity index is 725. The van der Waals surface area contributed by atoms with Gasteiger partial charge < -0.3 is 0 Å². The lowest BCUT2D eigenvalue weighted by molar-refractivity contribution is -0.380. The lowest BCUT2D eigenvalue weighted by Gasteiger charge is -2.06. The minimum Gasteiger partial charge on any atom is -0.298 e. The van der Waals surface area contributed by atoms with E-state index in [4.69, 9.17) is 0 Å². The fraction of sp³-hybridized carbons (Fsp3) is 0.286. The van der Waals surface area contributed by atoms with Crippen LogP contribution in [0.1, 0.15) is 28.3 Å². The Hall–Kier alpha value is -2.06. The molecular weight excluding hydrogens is 322 g/mol. The van der Waals surface area contributed by atoms with Gasteiger partial charge in [0.1, 0.15) is 0 Å². The van der Waals surface area contributed by atoms with Gasteiger partial charge in [-0.05, 0) is 37.8 Å². The van der Waals surface area contributed by atoms with Gasteiger partial charge in [0.15, 0.2) is 5.13 Å². The number of hydrogen-bond acceptors (Lipinski definition) is 6. The molecular formula is C14H13N3O3S2. The third-order valence-electron chi connectivity index (χ3n) is 3.27. The number of aryl methyl sites for hydroxylation is 2. The molecule has 0 atom stereocenters. The first-order valence-corrected chi connectivity index (χ1v) is 8.47. The number of nitrogens with one attached hydrogen (secondary N) is 1. The van der Waals surface area contributed by atoms with Gasteiger partial charge in [0, 0.05) is 21.9 Å². The van der Waals surface area contributed by atoms with Crippen molar-refractivity contribution in [1.82, 2.24) is 4.98 Å². The molecule has 0 aliphatic heterocycles. The second kappa shape index (κ2) is 6.37. The van der Waals surface area contributed by atoms with Crippen molar-refractivity contribution >= 4 is 44.8 Å². The van der Waals surface area contributed by atoms with Gasteiger partial charge in [-0.2, -0.15) is 0 Å². The third kappa shape index (κ3) is 3.40. The van der Waals surface area contributed by atoms with E-state index < -0.39 is 4.92 Å². The molecule has 2 heterocycles. The van der Waals surface area contributed by atoms with E-state index in [9.17, 15) is 14.9 Å². The number of rotatable bonds is 4. The van der Waals surface area contributed by atoms with Crippen molar-refractivity contribution in [3.8, 4) is 0 Å². The fourth-order valence-corrected chi connectivity index (χ4v) is 4.02. The monoisotopic (exact) mass is 335 g/mol. The predicted molar refractivity (Wildman–Crippen MR) is 87.4 cm³/mol. The smallest absolute Gasteiger partial charge is 0.298 e. The first kappa shape index (κ1) is 14.9. The maximum Gasteiger partial charge on any atom is 0.324 e. The van der Waals surface area contributed by atoms with Gasteiger partial charge in [0.25, 0.3) is 0 Å². The van der Waals surface area contributed by atoms with Gasteiger partial charge in [-0.3, -0.25) is 20.2 Å². The molecule has 2 aromatic rings. The molecule has 1 aliphatic carbocycles. The molecule has 0 radical (unpaired) electrons. The summed E-state index contributed by atoms with van der Waals surface area (Å²) in [5.41, 5.74) is 1.10. The zero-order valence-electron chi connectivity index (χ0n) is 11.6. The van der Waals surface area contributed by atoms with Crippen LogP contribution < -0.4 is 5.32 Å². The number of aromatic nitrogens is 1. The molecule has 0 bridgehead atoms. The molecule has 114 valence electrons. The van der Waals surface area contributed by atoms with Crippen molar-refractivity contribution in [2.75, 3.05) is 5.32 Å². The summed E-state index contributed by atoms with van der Waals surface area (Å²) in [5, 5.41) is 14.0. The Balaban J connectivity index is 1.63. The highest BCUT2D eigenvalue weighted by atomic mass is 32.1. The topological polar surface area (TPSA) is 85.1 Å². The maximum atomic E-state index is 11.9. The Morgan fingerprint density at radius 1 is 1.32 bits per heavy atom. The average Bonchev–Trinajstić information content (AvgIpc) is 3.11. The number of anilines is 1. The van der Waals surface area contributed by atoms with E-state index in [0.29, 0.717) is 10.0 Å². The van der Waals surface area contributed by atoms with Crippen molar-refractivity contribution in [3.63, 3.8) is 0 Å². The average molecular weight is 335 g/mol. The van der Waals surface area contributed by atoms with Gasteiger partial charge in [-0.25, -0.2) is 4.98 Å². The first-order chi connectivity index (χ1) is 10.6. The van der Waals surface area contributed by atoms with E-state index in [0.717, 1.165) is 36.3 Å².